The lowest BCUT2D eigenvalue weighted by Gasteiger charge is -2.01. The summed E-state index contributed by atoms with van der Waals surface area (Å²) in [6.45, 7) is 3.95. The number of nitrogens with zero attached hydrogens (tertiary/aromatic N) is 3. The van der Waals surface area contributed by atoms with Crippen LogP contribution in [0, 0.1) is 24.0 Å². The van der Waals surface area contributed by atoms with Gasteiger partial charge in [-0.15, -0.1) is 0 Å². The molecule has 0 saturated heterocycles. The molecule has 1 heterocycles. The summed E-state index contributed by atoms with van der Waals surface area (Å²) in [6.07, 6.45) is 5.00. The maximum atomic E-state index is 10.9. The van der Waals surface area contributed by atoms with E-state index in [9.17, 15) is 15.2 Å². The molecule has 31 heavy (non-hydrogen) atoms. The van der Waals surface area contributed by atoms with Gasteiger partial charge in [-0.1, -0.05) is 24.3 Å². The fourth-order valence-corrected chi connectivity index (χ4v) is 3.29. The fourth-order valence-electron chi connectivity index (χ4n) is 3.29. The summed E-state index contributed by atoms with van der Waals surface area (Å²) in [7, 11) is 0. The average molecular weight is 413 g/mol. The minimum Gasteiger partial charge on any atom is -0.507 e. The SMILES string of the molecule is Cc1cc(C)c2oc(-c3cc(N=CC=Cc4cccc([N+](=O)[O-])c4)ccc3O)nc2c1. The molecule has 0 bridgehead atoms. The summed E-state index contributed by atoms with van der Waals surface area (Å²) in [5.74, 6) is 0.373. The number of aromatic hydroxyl groups is 1. The van der Waals surface area contributed by atoms with Gasteiger partial charge in [0.1, 0.15) is 11.3 Å². The number of benzene rings is 3. The van der Waals surface area contributed by atoms with Crippen molar-refractivity contribution in [3.05, 3.63) is 87.5 Å². The van der Waals surface area contributed by atoms with Crippen molar-refractivity contribution in [2.75, 3.05) is 0 Å². The van der Waals surface area contributed by atoms with Crippen LogP contribution in [0.15, 0.2) is 70.1 Å². The van der Waals surface area contributed by atoms with Crippen molar-refractivity contribution in [2.24, 2.45) is 4.99 Å². The molecule has 0 atom stereocenters. The third kappa shape index (κ3) is 4.35. The minimum absolute atomic E-state index is 0.0334. The van der Waals surface area contributed by atoms with Crippen LogP contribution in [0.3, 0.4) is 0 Å². The Morgan fingerprint density at radius 2 is 1.97 bits per heavy atom. The molecular formula is C24H19N3O4. The molecule has 7 heteroatoms. The first kappa shape index (κ1) is 20.0. The van der Waals surface area contributed by atoms with E-state index in [0.717, 1.165) is 16.6 Å². The molecule has 0 aliphatic heterocycles. The molecule has 7 nitrogen and oxygen atoms in total. The van der Waals surface area contributed by atoms with Gasteiger partial charge in [0.05, 0.1) is 16.2 Å². The molecule has 154 valence electrons. The van der Waals surface area contributed by atoms with E-state index < -0.39 is 4.92 Å². The van der Waals surface area contributed by atoms with Crippen LogP contribution in [-0.4, -0.2) is 21.2 Å². The quantitative estimate of drug-likeness (QED) is 0.240. The number of oxazole rings is 1. The highest BCUT2D eigenvalue weighted by molar-refractivity contribution is 5.83. The van der Waals surface area contributed by atoms with E-state index in [1.807, 2.05) is 26.0 Å². The lowest BCUT2D eigenvalue weighted by molar-refractivity contribution is -0.384. The van der Waals surface area contributed by atoms with E-state index in [1.165, 1.54) is 12.1 Å². The van der Waals surface area contributed by atoms with Gasteiger partial charge in [0.15, 0.2) is 5.58 Å². The van der Waals surface area contributed by atoms with Gasteiger partial charge in [0.2, 0.25) is 5.89 Å². The lowest BCUT2D eigenvalue weighted by atomic mass is 10.1. The number of nitro benzene ring substituents is 1. The van der Waals surface area contributed by atoms with Gasteiger partial charge < -0.3 is 9.52 Å². The monoisotopic (exact) mass is 413 g/mol. The van der Waals surface area contributed by atoms with Crippen LogP contribution in [0.2, 0.25) is 0 Å². The average Bonchev–Trinajstić information content (AvgIpc) is 3.16. The standard InChI is InChI=1S/C24H19N3O4/c1-15-11-16(2)23-21(12-15)26-24(31-23)20-14-18(8-9-22(20)28)25-10-4-6-17-5-3-7-19(13-17)27(29)30/h3-14,28H,1-2H3. The maximum absolute atomic E-state index is 10.9. The molecule has 1 aromatic heterocycles. The number of allylic oxidation sites excluding steroid dienone is 1. The molecule has 0 aliphatic carbocycles. The second-order valence-corrected chi connectivity index (χ2v) is 7.14. The Balaban J connectivity index is 1.59. The lowest BCUT2D eigenvalue weighted by Crippen LogP contribution is -1.87. The normalized spacial score (nSPS) is 11.7. The molecular weight excluding hydrogens is 394 g/mol. The third-order valence-electron chi connectivity index (χ3n) is 4.71. The smallest absolute Gasteiger partial charge is 0.270 e. The van der Waals surface area contributed by atoms with Gasteiger partial charge in [0, 0.05) is 18.3 Å². The number of aromatic nitrogens is 1. The number of aryl methyl sites for hydroxylation is 2. The number of hydrogen-bond acceptors (Lipinski definition) is 6. The first-order chi connectivity index (χ1) is 14.9. The Morgan fingerprint density at radius 1 is 1.13 bits per heavy atom. The molecule has 4 rings (SSSR count). The molecule has 0 spiro atoms. The highest BCUT2D eigenvalue weighted by atomic mass is 16.6. The van der Waals surface area contributed by atoms with Gasteiger partial charge in [-0.05, 0) is 60.9 Å². The number of fused-ring (bicyclic) bond motifs is 1. The van der Waals surface area contributed by atoms with Gasteiger partial charge in [-0.2, -0.15) is 0 Å². The van der Waals surface area contributed by atoms with Crippen molar-refractivity contribution in [3.63, 3.8) is 0 Å². The Morgan fingerprint density at radius 3 is 2.77 bits per heavy atom. The summed E-state index contributed by atoms with van der Waals surface area (Å²) in [6, 6.07) is 15.2. The first-order valence-electron chi connectivity index (χ1n) is 9.57. The van der Waals surface area contributed by atoms with E-state index in [1.54, 1.807) is 48.7 Å². The second-order valence-electron chi connectivity index (χ2n) is 7.14. The zero-order valence-electron chi connectivity index (χ0n) is 16.9. The van der Waals surface area contributed by atoms with Crippen LogP contribution in [0.5, 0.6) is 5.75 Å². The molecule has 0 saturated carbocycles. The van der Waals surface area contributed by atoms with Crippen molar-refractivity contribution in [3.8, 4) is 17.2 Å². The molecule has 3 aromatic carbocycles. The van der Waals surface area contributed by atoms with E-state index in [-0.39, 0.29) is 11.4 Å². The van der Waals surface area contributed by atoms with Crippen molar-refractivity contribution in [2.45, 2.75) is 13.8 Å². The molecule has 0 fully saturated rings. The number of non-ortho nitro benzene ring substituents is 1. The van der Waals surface area contributed by atoms with Crippen molar-refractivity contribution >= 4 is 34.8 Å². The summed E-state index contributed by atoms with van der Waals surface area (Å²) in [5.41, 5.74) is 5.28. The molecule has 0 radical (unpaired) electrons. The Hall–Kier alpha value is -4.26. The van der Waals surface area contributed by atoms with Crippen molar-refractivity contribution in [1.82, 2.24) is 4.98 Å². The Labute approximate surface area is 178 Å². The largest absolute Gasteiger partial charge is 0.507 e. The number of phenols is 1. The van der Waals surface area contributed by atoms with Crippen LogP contribution >= 0.6 is 0 Å². The predicted molar refractivity (Wildman–Crippen MR) is 121 cm³/mol. The Bertz CT molecular complexity index is 1350. The summed E-state index contributed by atoms with van der Waals surface area (Å²) < 4.78 is 5.90. The van der Waals surface area contributed by atoms with E-state index >= 15 is 0 Å². The fraction of sp³-hybridized carbons (Fsp3) is 0.0833. The molecule has 0 amide bonds. The number of phenolic OH excluding ortho intramolecular Hbond substituents is 1. The molecule has 4 aromatic rings. The number of nitro groups is 1. The van der Waals surface area contributed by atoms with Crippen LogP contribution in [0.4, 0.5) is 11.4 Å². The topological polar surface area (TPSA) is 102 Å². The van der Waals surface area contributed by atoms with Gasteiger partial charge in [-0.3, -0.25) is 15.1 Å². The van der Waals surface area contributed by atoms with Crippen LogP contribution in [0.25, 0.3) is 28.6 Å². The van der Waals surface area contributed by atoms with Crippen LogP contribution < -0.4 is 0 Å². The van der Waals surface area contributed by atoms with Gasteiger partial charge >= 0.3 is 0 Å². The van der Waals surface area contributed by atoms with E-state index in [4.69, 9.17) is 4.42 Å². The highest BCUT2D eigenvalue weighted by Crippen LogP contribution is 2.35. The van der Waals surface area contributed by atoms with Crippen molar-refractivity contribution in [1.29, 1.82) is 0 Å². The van der Waals surface area contributed by atoms with Gasteiger partial charge in [-0.25, -0.2) is 4.98 Å². The maximum Gasteiger partial charge on any atom is 0.270 e. The van der Waals surface area contributed by atoms with Crippen molar-refractivity contribution < 1.29 is 14.4 Å². The van der Waals surface area contributed by atoms with Crippen LogP contribution in [0.1, 0.15) is 16.7 Å². The van der Waals surface area contributed by atoms with E-state index in [2.05, 4.69) is 9.98 Å². The second kappa shape index (κ2) is 8.23. The summed E-state index contributed by atoms with van der Waals surface area (Å²) >= 11 is 0. The zero-order chi connectivity index (χ0) is 22.0. The number of aliphatic imine (C=N–C) groups is 1. The molecule has 0 aliphatic rings. The van der Waals surface area contributed by atoms with Gasteiger partial charge in [0.25, 0.3) is 5.69 Å². The predicted octanol–water partition coefficient (Wildman–Crippen LogP) is 6.14. The molecule has 0 unspecified atom stereocenters. The summed E-state index contributed by atoms with van der Waals surface area (Å²) in [4.78, 5) is 19.3. The minimum atomic E-state index is -0.432. The van der Waals surface area contributed by atoms with Crippen LogP contribution in [-0.2, 0) is 0 Å². The summed E-state index contributed by atoms with van der Waals surface area (Å²) in [5, 5.41) is 21.2. The molecule has 1 N–H and O–H groups in total. The first-order valence-corrected chi connectivity index (χ1v) is 9.57. The van der Waals surface area contributed by atoms with E-state index in [0.29, 0.717) is 28.3 Å². The third-order valence-corrected chi connectivity index (χ3v) is 4.71. The highest BCUT2D eigenvalue weighted by Gasteiger charge is 2.14. The number of hydrogen-bond donors (Lipinski definition) is 1. The zero-order valence-corrected chi connectivity index (χ0v) is 16.9. The Kier molecular flexibility index (Phi) is 5.32. The number of rotatable bonds is 5.